The van der Waals surface area contributed by atoms with Crippen molar-refractivity contribution in [3.63, 3.8) is 0 Å². The molecular weight excluding hydrogens is 292 g/mol. The quantitative estimate of drug-likeness (QED) is 0.856. The van der Waals surface area contributed by atoms with Gasteiger partial charge in [0.15, 0.2) is 6.61 Å². The first kappa shape index (κ1) is 15.1. The monoisotopic (exact) mass is 310 g/mol. The number of anilines is 1. The van der Waals surface area contributed by atoms with Crippen LogP contribution in [0.25, 0.3) is 0 Å². The second-order valence-electron chi connectivity index (χ2n) is 5.42. The molecule has 2 aromatic carbocycles. The summed E-state index contributed by atoms with van der Waals surface area (Å²) in [6, 6.07) is 15.1. The van der Waals surface area contributed by atoms with E-state index >= 15 is 0 Å². The van der Waals surface area contributed by atoms with Gasteiger partial charge in [-0.1, -0.05) is 30.3 Å². The van der Waals surface area contributed by atoms with Gasteiger partial charge in [0.05, 0.1) is 6.42 Å². The third-order valence-corrected chi connectivity index (χ3v) is 3.64. The Bertz CT molecular complexity index is 713. The van der Waals surface area contributed by atoms with Crippen molar-refractivity contribution in [2.75, 3.05) is 18.5 Å². The Hall–Kier alpha value is -2.82. The second kappa shape index (κ2) is 6.96. The molecule has 3 rings (SSSR count). The van der Waals surface area contributed by atoms with E-state index in [1.807, 2.05) is 48.5 Å². The second-order valence-corrected chi connectivity index (χ2v) is 5.42. The normalized spacial score (nSPS) is 12.4. The van der Waals surface area contributed by atoms with Crippen molar-refractivity contribution in [3.05, 3.63) is 59.7 Å². The highest BCUT2D eigenvalue weighted by molar-refractivity contribution is 5.99. The molecule has 1 aliphatic heterocycles. The minimum atomic E-state index is -0.146. The van der Waals surface area contributed by atoms with Gasteiger partial charge in [-0.05, 0) is 35.7 Å². The standard InChI is InChI=1S/C18H18N2O3/c21-17-11-14-10-13(6-7-16(14)20-17)8-9-19-18(22)12-23-15-4-2-1-3-5-15/h1-7,10H,8-9,11-12H2,(H,19,22)(H,20,21). The summed E-state index contributed by atoms with van der Waals surface area (Å²) in [6.45, 7) is 0.545. The van der Waals surface area contributed by atoms with Crippen LogP contribution in [0.2, 0.25) is 0 Å². The number of nitrogens with one attached hydrogen (secondary N) is 2. The molecule has 0 saturated heterocycles. The fourth-order valence-electron chi connectivity index (χ4n) is 2.50. The van der Waals surface area contributed by atoms with E-state index in [1.54, 1.807) is 0 Å². The third-order valence-electron chi connectivity index (χ3n) is 3.64. The van der Waals surface area contributed by atoms with Crippen LogP contribution in [-0.4, -0.2) is 25.0 Å². The summed E-state index contributed by atoms with van der Waals surface area (Å²) < 4.78 is 5.39. The van der Waals surface area contributed by atoms with Crippen molar-refractivity contribution >= 4 is 17.5 Å². The van der Waals surface area contributed by atoms with Gasteiger partial charge in [-0.3, -0.25) is 9.59 Å². The van der Waals surface area contributed by atoms with E-state index in [2.05, 4.69) is 10.6 Å². The summed E-state index contributed by atoms with van der Waals surface area (Å²) in [5.74, 6) is 0.564. The van der Waals surface area contributed by atoms with Crippen LogP contribution in [0.15, 0.2) is 48.5 Å². The summed E-state index contributed by atoms with van der Waals surface area (Å²) in [5.41, 5.74) is 3.01. The number of fused-ring (bicyclic) bond motifs is 1. The van der Waals surface area contributed by atoms with E-state index in [-0.39, 0.29) is 18.4 Å². The maximum atomic E-state index is 11.7. The molecule has 1 heterocycles. The topological polar surface area (TPSA) is 67.4 Å². The highest BCUT2D eigenvalue weighted by Gasteiger charge is 2.17. The Labute approximate surface area is 134 Å². The number of amides is 2. The van der Waals surface area contributed by atoms with E-state index in [0.29, 0.717) is 18.7 Å². The van der Waals surface area contributed by atoms with Crippen LogP contribution in [0, 0.1) is 0 Å². The zero-order valence-corrected chi connectivity index (χ0v) is 12.7. The first-order chi connectivity index (χ1) is 11.2. The zero-order chi connectivity index (χ0) is 16.1. The fraction of sp³-hybridized carbons (Fsp3) is 0.222. The minimum Gasteiger partial charge on any atom is -0.484 e. The van der Waals surface area contributed by atoms with Crippen molar-refractivity contribution in [1.82, 2.24) is 5.32 Å². The maximum Gasteiger partial charge on any atom is 0.257 e. The van der Waals surface area contributed by atoms with Crippen molar-refractivity contribution in [2.45, 2.75) is 12.8 Å². The van der Waals surface area contributed by atoms with E-state index in [4.69, 9.17) is 4.74 Å². The molecule has 0 bridgehead atoms. The van der Waals surface area contributed by atoms with Crippen LogP contribution in [0.5, 0.6) is 5.75 Å². The number of para-hydroxylation sites is 1. The van der Waals surface area contributed by atoms with Gasteiger partial charge in [0.25, 0.3) is 5.91 Å². The van der Waals surface area contributed by atoms with Gasteiger partial charge in [-0.15, -0.1) is 0 Å². The lowest BCUT2D eigenvalue weighted by molar-refractivity contribution is -0.123. The zero-order valence-electron chi connectivity index (χ0n) is 12.7. The molecule has 0 saturated carbocycles. The largest absolute Gasteiger partial charge is 0.484 e. The van der Waals surface area contributed by atoms with E-state index in [9.17, 15) is 9.59 Å². The Kier molecular flexibility index (Phi) is 4.57. The van der Waals surface area contributed by atoms with Crippen LogP contribution < -0.4 is 15.4 Å². The number of carbonyl (C=O) groups excluding carboxylic acids is 2. The number of hydrogen-bond donors (Lipinski definition) is 2. The predicted molar refractivity (Wildman–Crippen MR) is 87.4 cm³/mol. The predicted octanol–water partition coefficient (Wildman–Crippen LogP) is 1.92. The van der Waals surface area contributed by atoms with Gasteiger partial charge >= 0.3 is 0 Å². The number of benzene rings is 2. The smallest absolute Gasteiger partial charge is 0.257 e. The molecule has 1 aliphatic rings. The first-order valence-corrected chi connectivity index (χ1v) is 7.57. The molecule has 0 unspecified atom stereocenters. The van der Waals surface area contributed by atoms with E-state index in [1.165, 1.54) is 0 Å². The molecule has 5 nitrogen and oxygen atoms in total. The van der Waals surface area contributed by atoms with Crippen molar-refractivity contribution in [1.29, 1.82) is 0 Å². The molecule has 2 N–H and O–H groups in total. The lowest BCUT2D eigenvalue weighted by atomic mass is 10.1. The Balaban J connectivity index is 1.42. The number of hydrogen-bond acceptors (Lipinski definition) is 3. The first-order valence-electron chi connectivity index (χ1n) is 7.57. The molecule has 0 aromatic heterocycles. The van der Waals surface area contributed by atoms with Gasteiger partial charge < -0.3 is 15.4 Å². The van der Waals surface area contributed by atoms with Crippen LogP contribution in [0.4, 0.5) is 5.69 Å². The number of rotatable bonds is 6. The summed E-state index contributed by atoms with van der Waals surface area (Å²) in [6.07, 6.45) is 1.15. The molecule has 0 aliphatic carbocycles. The average Bonchev–Trinajstić information content (AvgIpc) is 2.93. The number of carbonyl (C=O) groups is 2. The molecule has 118 valence electrons. The van der Waals surface area contributed by atoms with Crippen LogP contribution in [0.1, 0.15) is 11.1 Å². The fourth-order valence-corrected chi connectivity index (χ4v) is 2.50. The van der Waals surface area contributed by atoms with Gasteiger partial charge in [0, 0.05) is 12.2 Å². The summed E-state index contributed by atoms with van der Waals surface area (Å²) in [5, 5.41) is 5.64. The number of ether oxygens (including phenoxy) is 1. The van der Waals surface area contributed by atoms with Gasteiger partial charge in [0.1, 0.15) is 5.75 Å². The SMILES string of the molecule is O=C(COc1ccccc1)NCCc1ccc2c(c1)CC(=O)N2. The molecular formula is C18H18N2O3. The Morgan fingerprint density at radius 2 is 2.00 bits per heavy atom. The average molecular weight is 310 g/mol. The molecule has 23 heavy (non-hydrogen) atoms. The highest BCUT2D eigenvalue weighted by atomic mass is 16.5. The van der Waals surface area contributed by atoms with Crippen LogP contribution >= 0.6 is 0 Å². The van der Waals surface area contributed by atoms with Gasteiger partial charge in [0.2, 0.25) is 5.91 Å². The van der Waals surface area contributed by atoms with Crippen molar-refractivity contribution in [3.8, 4) is 5.75 Å². The lowest BCUT2D eigenvalue weighted by Gasteiger charge is -2.08. The molecule has 0 fully saturated rings. The van der Waals surface area contributed by atoms with Gasteiger partial charge in [-0.25, -0.2) is 0 Å². The summed E-state index contributed by atoms with van der Waals surface area (Å²) in [7, 11) is 0. The van der Waals surface area contributed by atoms with E-state index < -0.39 is 0 Å². The highest BCUT2D eigenvalue weighted by Crippen LogP contribution is 2.23. The molecule has 5 heteroatoms. The van der Waals surface area contributed by atoms with Crippen molar-refractivity contribution in [2.24, 2.45) is 0 Å². The minimum absolute atomic E-state index is 0.00657. The van der Waals surface area contributed by atoms with Crippen molar-refractivity contribution < 1.29 is 14.3 Å². The summed E-state index contributed by atoms with van der Waals surface area (Å²) >= 11 is 0. The van der Waals surface area contributed by atoms with Crippen LogP contribution in [0.3, 0.4) is 0 Å². The molecule has 0 radical (unpaired) electrons. The Morgan fingerprint density at radius 3 is 2.83 bits per heavy atom. The molecule has 0 spiro atoms. The molecule has 2 amide bonds. The van der Waals surface area contributed by atoms with Gasteiger partial charge in [-0.2, -0.15) is 0 Å². The maximum absolute atomic E-state index is 11.7. The lowest BCUT2D eigenvalue weighted by Crippen LogP contribution is -2.30. The molecule has 2 aromatic rings. The summed E-state index contributed by atoms with van der Waals surface area (Å²) in [4.78, 5) is 23.1. The van der Waals surface area contributed by atoms with Crippen LogP contribution in [-0.2, 0) is 22.4 Å². The Morgan fingerprint density at radius 1 is 1.17 bits per heavy atom. The van der Waals surface area contributed by atoms with E-state index in [0.717, 1.165) is 23.2 Å². The third kappa shape index (κ3) is 4.10. The molecule has 0 atom stereocenters.